The molecule has 4 amide bonds. The summed E-state index contributed by atoms with van der Waals surface area (Å²) in [6.45, 7) is 0.902. The molecule has 0 unspecified atom stereocenters. The molecule has 0 bridgehead atoms. The summed E-state index contributed by atoms with van der Waals surface area (Å²) in [5.41, 5.74) is -0.968. The summed E-state index contributed by atoms with van der Waals surface area (Å²) in [4.78, 5) is 40.9. The average Bonchev–Trinajstić information content (AvgIpc) is 2.91. The number of hydrogen-bond acceptors (Lipinski definition) is 4. The lowest BCUT2D eigenvalue weighted by Gasteiger charge is -2.36. The van der Waals surface area contributed by atoms with E-state index in [4.69, 9.17) is 0 Å². The molecule has 0 radical (unpaired) electrons. The molecule has 0 aliphatic carbocycles. The van der Waals surface area contributed by atoms with Crippen LogP contribution in [0.4, 0.5) is 13.6 Å². The molecular weight excluding hydrogens is 384 g/mol. The van der Waals surface area contributed by atoms with Gasteiger partial charge in [-0.25, -0.2) is 4.79 Å². The maximum Gasteiger partial charge on any atom is 0.387 e. The summed E-state index contributed by atoms with van der Waals surface area (Å²) < 4.78 is 28.9. The van der Waals surface area contributed by atoms with Crippen molar-refractivity contribution in [2.75, 3.05) is 13.1 Å². The van der Waals surface area contributed by atoms with Crippen LogP contribution in [0.1, 0.15) is 45.1 Å². The second-order valence-corrected chi connectivity index (χ2v) is 7.49. The minimum absolute atomic E-state index is 0.0492. The number of alkyl halides is 2. The predicted octanol–water partition coefficient (Wildman–Crippen LogP) is 2.85. The van der Waals surface area contributed by atoms with Gasteiger partial charge in [0.1, 0.15) is 17.8 Å². The van der Waals surface area contributed by atoms with Gasteiger partial charge in [-0.15, -0.1) is 0 Å². The van der Waals surface area contributed by atoms with Gasteiger partial charge in [0, 0.05) is 12.6 Å². The largest absolute Gasteiger partial charge is 0.435 e. The van der Waals surface area contributed by atoms with E-state index in [0.29, 0.717) is 12.1 Å². The zero-order valence-corrected chi connectivity index (χ0v) is 16.5. The van der Waals surface area contributed by atoms with Gasteiger partial charge < -0.3 is 15.0 Å². The van der Waals surface area contributed by atoms with Crippen molar-refractivity contribution < 1.29 is 27.9 Å². The number of likely N-dealkylation sites (tertiary alicyclic amines) is 1. The lowest BCUT2D eigenvalue weighted by atomic mass is 9.92. The fraction of sp³-hybridized carbons (Fsp3) is 0.550. The number of hydrogen-bond donors (Lipinski definition) is 1. The minimum Gasteiger partial charge on any atom is -0.435 e. The molecule has 2 saturated heterocycles. The number of halogens is 2. The van der Waals surface area contributed by atoms with E-state index in [1.165, 1.54) is 31.2 Å². The lowest BCUT2D eigenvalue weighted by Crippen LogP contribution is -2.49. The standard InChI is InChI=1S/C20H25F2N3O4/c1-3-14-6-4-5-11-24(14)16(26)12-25-17(27)20(2,23-19(25)28)13-7-9-15(10-8-13)29-18(21)22/h7-10,14,18H,3-6,11-12H2,1-2H3,(H,23,28)/t14-,20+/m1/s1. The quantitative estimate of drug-likeness (QED) is 0.733. The van der Waals surface area contributed by atoms with Crippen molar-refractivity contribution in [3.63, 3.8) is 0 Å². The zero-order chi connectivity index (χ0) is 21.2. The van der Waals surface area contributed by atoms with Crippen LogP contribution in [0.2, 0.25) is 0 Å². The maximum absolute atomic E-state index is 13.0. The fourth-order valence-corrected chi connectivity index (χ4v) is 3.99. The highest BCUT2D eigenvalue weighted by Crippen LogP contribution is 2.30. The molecule has 2 aliphatic rings. The smallest absolute Gasteiger partial charge is 0.387 e. The Hall–Kier alpha value is -2.71. The number of piperidine rings is 1. The molecule has 29 heavy (non-hydrogen) atoms. The summed E-state index contributed by atoms with van der Waals surface area (Å²) in [5, 5.41) is 2.62. The van der Waals surface area contributed by atoms with Gasteiger partial charge in [0.15, 0.2) is 0 Å². The molecule has 1 N–H and O–H groups in total. The molecule has 158 valence electrons. The monoisotopic (exact) mass is 409 g/mol. The third-order valence-corrected chi connectivity index (χ3v) is 5.64. The van der Waals surface area contributed by atoms with Crippen LogP contribution in [0.15, 0.2) is 24.3 Å². The van der Waals surface area contributed by atoms with E-state index in [0.717, 1.165) is 30.6 Å². The van der Waals surface area contributed by atoms with Crippen molar-refractivity contribution in [2.45, 2.75) is 57.7 Å². The topological polar surface area (TPSA) is 79.0 Å². The van der Waals surface area contributed by atoms with Gasteiger partial charge in [0.25, 0.3) is 5.91 Å². The third kappa shape index (κ3) is 4.18. The summed E-state index contributed by atoms with van der Waals surface area (Å²) in [5.74, 6) is -0.847. The summed E-state index contributed by atoms with van der Waals surface area (Å²) in [7, 11) is 0. The van der Waals surface area contributed by atoms with Gasteiger partial charge in [0.05, 0.1) is 0 Å². The van der Waals surface area contributed by atoms with Crippen LogP contribution in [0, 0.1) is 0 Å². The number of rotatable bonds is 6. The normalized spacial score (nSPS) is 24.8. The Labute approximate surface area is 168 Å². The second-order valence-electron chi connectivity index (χ2n) is 7.49. The number of carbonyl (C=O) groups excluding carboxylic acids is 3. The van der Waals surface area contributed by atoms with Crippen LogP contribution >= 0.6 is 0 Å². The molecule has 2 fully saturated rings. The summed E-state index contributed by atoms with van der Waals surface area (Å²) in [6.07, 6.45) is 3.73. The average molecular weight is 409 g/mol. The molecule has 0 saturated carbocycles. The van der Waals surface area contributed by atoms with Crippen LogP contribution < -0.4 is 10.1 Å². The van der Waals surface area contributed by atoms with E-state index in [1.807, 2.05) is 6.92 Å². The molecule has 2 heterocycles. The number of benzene rings is 1. The van der Waals surface area contributed by atoms with Crippen LogP contribution in [0.25, 0.3) is 0 Å². The first-order valence-corrected chi connectivity index (χ1v) is 9.75. The van der Waals surface area contributed by atoms with E-state index >= 15 is 0 Å². The molecule has 9 heteroatoms. The van der Waals surface area contributed by atoms with Crippen molar-refractivity contribution in [2.24, 2.45) is 0 Å². The number of imide groups is 1. The first-order chi connectivity index (χ1) is 13.8. The number of amides is 4. The molecule has 2 aliphatic heterocycles. The van der Waals surface area contributed by atoms with E-state index in [1.54, 1.807) is 4.90 Å². The third-order valence-electron chi connectivity index (χ3n) is 5.64. The Morgan fingerprint density at radius 1 is 1.28 bits per heavy atom. The Morgan fingerprint density at radius 2 is 1.97 bits per heavy atom. The Morgan fingerprint density at radius 3 is 2.59 bits per heavy atom. The van der Waals surface area contributed by atoms with Gasteiger partial charge in [-0.3, -0.25) is 14.5 Å². The molecule has 2 atom stereocenters. The highest BCUT2D eigenvalue weighted by Gasteiger charge is 2.50. The summed E-state index contributed by atoms with van der Waals surface area (Å²) in [6, 6.07) is 4.98. The Bertz CT molecular complexity index is 786. The van der Waals surface area contributed by atoms with Crippen LogP contribution in [0.5, 0.6) is 5.75 Å². The second kappa shape index (κ2) is 8.34. The number of nitrogens with zero attached hydrogens (tertiary/aromatic N) is 2. The molecule has 3 rings (SSSR count). The van der Waals surface area contributed by atoms with Crippen molar-refractivity contribution >= 4 is 17.8 Å². The number of urea groups is 1. The van der Waals surface area contributed by atoms with Gasteiger partial charge in [-0.1, -0.05) is 19.1 Å². The zero-order valence-electron chi connectivity index (χ0n) is 16.5. The van der Waals surface area contributed by atoms with E-state index in [9.17, 15) is 23.2 Å². The molecule has 0 spiro atoms. The minimum atomic E-state index is -2.95. The summed E-state index contributed by atoms with van der Waals surface area (Å²) >= 11 is 0. The lowest BCUT2D eigenvalue weighted by molar-refractivity contribution is -0.141. The SMILES string of the molecule is CC[C@@H]1CCCCN1C(=O)CN1C(=O)N[C@@](C)(c2ccc(OC(F)F)cc2)C1=O. The van der Waals surface area contributed by atoms with Crippen LogP contribution in [-0.4, -0.2) is 53.4 Å². The highest BCUT2D eigenvalue weighted by molar-refractivity contribution is 6.09. The molecular formula is C20H25F2N3O4. The Kier molecular flexibility index (Phi) is 6.04. The maximum atomic E-state index is 13.0. The van der Waals surface area contributed by atoms with E-state index in [-0.39, 0.29) is 24.2 Å². The Balaban J connectivity index is 1.74. The van der Waals surface area contributed by atoms with Gasteiger partial charge in [-0.2, -0.15) is 8.78 Å². The molecule has 7 nitrogen and oxygen atoms in total. The van der Waals surface area contributed by atoms with Gasteiger partial charge in [0.2, 0.25) is 5.91 Å². The van der Waals surface area contributed by atoms with Gasteiger partial charge >= 0.3 is 12.6 Å². The fourth-order valence-electron chi connectivity index (χ4n) is 3.99. The molecule has 0 aromatic heterocycles. The highest BCUT2D eigenvalue weighted by atomic mass is 19.3. The van der Waals surface area contributed by atoms with Crippen molar-refractivity contribution in [1.29, 1.82) is 0 Å². The van der Waals surface area contributed by atoms with E-state index < -0.39 is 24.1 Å². The number of ether oxygens (including phenoxy) is 1. The first-order valence-electron chi connectivity index (χ1n) is 9.75. The van der Waals surface area contributed by atoms with Crippen molar-refractivity contribution in [1.82, 2.24) is 15.1 Å². The predicted molar refractivity (Wildman–Crippen MR) is 100 cm³/mol. The van der Waals surface area contributed by atoms with Crippen molar-refractivity contribution in [3.8, 4) is 5.75 Å². The van der Waals surface area contributed by atoms with Crippen LogP contribution in [-0.2, 0) is 15.1 Å². The number of carbonyl (C=O) groups is 3. The number of nitrogens with one attached hydrogen (secondary N) is 1. The van der Waals surface area contributed by atoms with Gasteiger partial charge in [-0.05, 0) is 50.3 Å². The van der Waals surface area contributed by atoms with Crippen LogP contribution in [0.3, 0.4) is 0 Å². The first kappa shape index (κ1) is 21.0. The molecule has 1 aromatic carbocycles. The molecule has 1 aromatic rings. The van der Waals surface area contributed by atoms with Crippen molar-refractivity contribution in [3.05, 3.63) is 29.8 Å². The van der Waals surface area contributed by atoms with E-state index in [2.05, 4.69) is 10.1 Å².